The van der Waals surface area contributed by atoms with Gasteiger partial charge in [-0.3, -0.25) is 24.1 Å². The highest BCUT2D eigenvalue weighted by atomic mass is 16.5. The van der Waals surface area contributed by atoms with Crippen LogP contribution in [0.5, 0.6) is 5.75 Å². The van der Waals surface area contributed by atoms with E-state index in [9.17, 15) is 24.3 Å². The van der Waals surface area contributed by atoms with E-state index in [1.54, 1.807) is 60.7 Å². The maximum atomic E-state index is 14.6. The van der Waals surface area contributed by atoms with Crippen LogP contribution in [0.15, 0.2) is 125 Å². The number of aliphatic hydroxyl groups is 1. The molecule has 0 bridgehead atoms. The number of benzene rings is 4. The van der Waals surface area contributed by atoms with Crippen molar-refractivity contribution in [2.24, 2.45) is 39.3 Å². The van der Waals surface area contributed by atoms with E-state index in [1.807, 2.05) is 74.5 Å². The van der Waals surface area contributed by atoms with E-state index in [-0.39, 0.29) is 43.3 Å². The molecule has 0 spiro atoms. The van der Waals surface area contributed by atoms with E-state index in [0.29, 0.717) is 34.9 Å². The molecule has 4 aromatic carbocycles. The van der Waals surface area contributed by atoms with Crippen LogP contribution in [0.1, 0.15) is 31.2 Å². The lowest BCUT2D eigenvalue weighted by molar-refractivity contribution is -0.131. The molecule has 54 heavy (non-hydrogen) atoms. The summed E-state index contributed by atoms with van der Waals surface area (Å²) in [5, 5.41) is 17.9. The molecule has 4 aromatic rings. The van der Waals surface area contributed by atoms with Gasteiger partial charge in [0.1, 0.15) is 12.4 Å². The number of fused-ring (bicyclic) bond motifs is 4. The lowest BCUT2D eigenvalue weighted by atomic mass is 9.51. The molecule has 8 rings (SSSR count). The van der Waals surface area contributed by atoms with Crippen molar-refractivity contribution in [3.8, 4) is 5.75 Å². The van der Waals surface area contributed by atoms with Gasteiger partial charge in [-0.05, 0) is 104 Å². The maximum Gasteiger partial charge on any atom is 0.241 e. The van der Waals surface area contributed by atoms with Crippen LogP contribution in [-0.2, 0) is 19.2 Å². The number of anilines is 3. The molecule has 2 heterocycles. The lowest BCUT2D eigenvalue weighted by Gasteiger charge is -2.49. The molecule has 4 aliphatic rings. The van der Waals surface area contributed by atoms with Crippen LogP contribution in [0.4, 0.5) is 28.4 Å². The summed E-state index contributed by atoms with van der Waals surface area (Å²) >= 11 is 0. The number of aliphatic hydroxyl groups excluding tert-OH is 1. The zero-order valence-electron chi connectivity index (χ0n) is 30.3. The second kappa shape index (κ2) is 13.8. The van der Waals surface area contributed by atoms with Gasteiger partial charge in [0.15, 0.2) is 0 Å². The maximum absolute atomic E-state index is 14.6. The first kappa shape index (κ1) is 35.1. The molecule has 2 saturated heterocycles. The zero-order valence-corrected chi connectivity index (χ0v) is 30.3. The van der Waals surface area contributed by atoms with Gasteiger partial charge in [0.25, 0.3) is 0 Å². The van der Waals surface area contributed by atoms with Gasteiger partial charge in [-0.1, -0.05) is 42.0 Å². The Morgan fingerprint density at radius 1 is 0.759 bits per heavy atom. The Bertz CT molecular complexity index is 2170. The number of ether oxygens (including phenoxy) is 1. The summed E-state index contributed by atoms with van der Waals surface area (Å²) in [7, 11) is 3.94. The number of imide groups is 2. The van der Waals surface area contributed by atoms with E-state index >= 15 is 0 Å². The van der Waals surface area contributed by atoms with Gasteiger partial charge in [-0.2, -0.15) is 10.2 Å². The minimum Gasteiger partial charge on any atom is -0.491 e. The van der Waals surface area contributed by atoms with Gasteiger partial charge < -0.3 is 14.7 Å². The van der Waals surface area contributed by atoms with Crippen LogP contribution in [-0.4, -0.2) is 56.0 Å². The summed E-state index contributed by atoms with van der Waals surface area (Å²) in [5.41, 5.74) is 3.87. The van der Waals surface area contributed by atoms with E-state index in [2.05, 4.69) is 10.2 Å². The van der Waals surface area contributed by atoms with E-state index in [1.165, 1.54) is 9.80 Å². The van der Waals surface area contributed by atoms with Gasteiger partial charge in [-0.25, -0.2) is 4.90 Å². The topological polar surface area (TPSA) is 132 Å². The van der Waals surface area contributed by atoms with Crippen molar-refractivity contribution in [2.45, 2.75) is 25.7 Å². The second-order valence-electron chi connectivity index (χ2n) is 14.8. The molecule has 6 atom stereocenters. The number of carbonyl (C=O) groups is 4. The fraction of sp³-hybridized carbons (Fsp3) is 0.302. The Kier molecular flexibility index (Phi) is 8.97. The van der Waals surface area contributed by atoms with E-state index in [0.717, 1.165) is 16.8 Å². The average Bonchev–Trinajstić information content (AvgIpc) is 3.56. The highest BCUT2D eigenvalue weighted by Crippen LogP contribution is 2.63. The van der Waals surface area contributed by atoms with Gasteiger partial charge in [0.2, 0.25) is 23.6 Å². The average molecular weight is 724 g/mol. The van der Waals surface area contributed by atoms with Crippen LogP contribution in [0.2, 0.25) is 0 Å². The fourth-order valence-corrected chi connectivity index (χ4v) is 8.99. The van der Waals surface area contributed by atoms with Crippen molar-refractivity contribution in [1.82, 2.24) is 0 Å². The minimum atomic E-state index is -1.14. The highest BCUT2D eigenvalue weighted by molar-refractivity contribution is 6.25. The standard InChI is InChI=1S/C43H41N5O6/c1-43-36(40(51)48(42(43)53)30-7-5-4-6-8-30)25-35-33(38(43)26-9-19-32(20-10-26)54-24-23-49)21-22-34-37(35)41(52)47(39(34)50)31-17-13-28(14-18-31)45-44-27-11-15-29(16-12-27)46(2)3/h4-21,34-38,49H,22-25H2,1-3H3. The van der Waals surface area contributed by atoms with Crippen molar-refractivity contribution in [2.75, 3.05) is 42.0 Å². The highest BCUT2D eigenvalue weighted by Gasteiger charge is 2.67. The molecule has 274 valence electrons. The Morgan fingerprint density at radius 3 is 2.02 bits per heavy atom. The van der Waals surface area contributed by atoms with Crippen LogP contribution in [0, 0.1) is 29.1 Å². The summed E-state index contributed by atoms with van der Waals surface area (Å²) in [4.78, 5) is 62.1. The first-order chi connectivity index (χ1) is 26.1. The zero-order chi connectivity index (χ0) is 37.7. The first-order valence-corrected chi connectivity index (χ1v) is 18.3. The quantitative estimate of drug-likeness (QED) is 0.112. The summed E-state index contributed by atoms with van der Waals surface area (Å²) < 4.78 is 5.62. The monoisotopic (exact) mass is 723 g/mol. The number of allylic oxidation sites excluding steroid dienone is 2. The third-order valence-corrected chi connectivity index (χ3v) is 11.6. The Morgan fingerprint density at radius 2 is 1.39 bits per heavy atom. The van der Waals surface area contributed by atoms with Crippen molar-refractivity contribution < 1.29 is 29.0 Å². The van der Waals surface area contributed by atoms with Gasteiger partial charge in [0, 0.05) is 25.7 Å². The minimum absolute atomic E-state index is 0.126. The summed E-state index contributed by atoms with van der Waals surface area (Å²) in [6.45, 7) is 1.89. The van der Waals surface area contributed by atoms with Gasteiger partial charge >= 0.3 is 0 Å². The van der Waals surface area contributed by atoms with Crippen molar-refractivity contribution in [3.63, 3.8) is 0 Å². The molecule has 0 radical (unpaired) electrons. The van der Waals surface area contributed by atoms with Gasteiger partial charge in [-0.15, -0.1) is 0 Å². The number of nitrogens with zero attached hydrogens (tertiary/aromatic N) is 5. The third-order valence-electron chi connectivity index (χ3n) is 11.6. The molecule has 1 N–H and O–H groups in total. The molecule has 0 aromatic heterocycles. The molecular weight excluding hydrogens is 683 g/mol. The smallest absolute Gasteiger partial charge is 0.241 e. The second-order valence-corrected chi connectivity index (χ2v) is 14.8. The molecule has 3 fully saturated rings. The molecule has 11 nitrogen and oxygen atoms in total. The van der Waals surface area contributed by atoms with Crippen molar-refractivity contribution in [1.29, 1.82) is 0 Å². The number of azo groups is 1. The van der Waals surface area contributed by atoms with Crippen LogP contribution < -0.4 is 19.4 Å². The molecule has 6 unspecified atom stereocenters. The number of para-hydroxylation sites is 1. The predicted octanol–water partition coefficient (Wildman–Crippen LogP) is 6.97. The number of hydrogen-bond donors (Lipinski definition) is 1. The van der Waals surface area contributed by atoms with Crippen LogP contribution >= 0.6 is 0 Å². The van der Waals surface area contributed by atoms with E-state index < -0.39 is 35.0 Å². The molecule has 4 amide bonds. The molecule has 1 saturated carbocycles. The molecule has 11 heteroatoms. The Labute approximate surface area is 313 Å². The summed E-state index contributed by atoms with van der Waals surface area (Å²) in [6, 6.07) is 30.9. The van der Waals surface area contributed by atoms with E-state index in [4.69, 9.17) is 4.74 Å². The number of carbonyl (C=O) groups excluding carboxylic acids is 4. The number of amides is 4. The lowest BCUT2D eigenvalue weighted by Crippen LogP contribution is -2.48. The number of rotatable bonds is 9. The largest absolute Gasteiger partial charge is 0.491 e. The molecule has 2 aliphatic carbocycles. The normalized spacial score (nSPS) is 26.1. The van der Waals surface area contributed by atoms with Crippen molar-refractivity contribution in [3.05, 3.63) is 120 Å². The first-order valence-electron chi connectivity index (χ1n) is 18.3. The number of hydrogen-bond acceptors (Lipinski definition) is 9. The molecule has 2 aliphatic heterocycles. The Hall–Kier alpha value is -5.94. The van der Waals surface area contributed by atoms with Crippen LogP contribution in [0.3, 0.4) is 0 Å². The summed E-state index contributed by atoms with van der Waals surface area (Å²) in [5.74, 6) is -3.54. The summed E-state index contributed by atoms with van der Waals surface area (Å²) in [6.07, 6.45) is 2.66. The van der Waals surface area contributed by atoms with Gasteiger partial charge in [0.05, 0.1) is 52.5 Å². The Balaban J connectivity index is 1.11. The predicted molar refractivity (Wildman–Crippen MR) is 204 cm³/mol. The fourth-order valence-electron chi connectivity index (χ4n) is 8.99. The molecular formula is C43H41N5O6. The van der Waals surface area contributed by atoms with Crippen molar-refractivity contribution >= 4 is 52.1 Å². The third kappa shape index (κ3) is 5.70. The SMILES string of the molecule is CN(C)c1ccc(N=Nc2ccc(N3C(=O)C4CC=C5C(CC6C(=O)N(c7ccccc7)C(=O)C6(C)C5c5ccc(OCCO)cc5)C4C3=O)cc2)cc1. The van der Waals surface area contributed by atoms with Crippen LogP contribution in [0.25, 0.3) is 0 Å².